The number of aromatic nitrogens is 3. The van der Waals surface area contributed by atoms with Crippen LogP contribution in [0.25, 0.3) is 11.0 Å². The molecule has 0 saturated carbocycles. The SMILES string of the molecule is Fc1ccc(OC2COC3(CCN(c4ncnc5[nH]ccc45)CC3)C2)cc1. The van der Waals surface area contributed by atoms with E-state index < -0.39 is 0 Å². The molecule has 1 atom stereocenters. The molecule has 1 N–H and O–H groups in total. The Morgan fingerprint density at radius 3 is 2.78 bits per heavy atom. The second-order valence-electron chi connectivity index (χ2n) is 7.32. The molecule has 2 aromatic heterocycles. The maximum Gasteiger partial charge on any atom is 0.142 e. The number of benzene rings is 1. The van der Waals surface area contributed by atoms with E-state index in [1.165, 1.54) is 12.1 Å². The number of anilines is 1. The summed E-state index contributed by atoms with van der Waals surface area (Å²) in [7, 11) is 0. The molecule has 2 aliphatic rings. The van der Waals surface area contributed by atoms with Crippen molar-refractivity contribution in [3.8, 4) is 5.75 Å². The summed E-state index contributed by atoms with van der Waals surface area (Å²) in [6, 6.07) is 8.19. The first-order chi connectivity index (χ1) is 13.2. The Morgan fingerprint density at radius 1 is 1.15 bits per heavy atom. The number of nitrogens with zero attached hydrogens (tertiary/aromatic N) is 3. The first-order valence-corrected chi connectivity index (χ1v) is 9.30. The number of piperidine rings is 1. The molecule has 0 bridgehead atoms. The van der Waals surface area contributed by atoms with Crippen molar-refractivity contribution in [1.82, 2.24) is 15.0 Å². The highest BCUT2D eigenvalue weighted by Gasteiger charge is 2.44. The third kappa shape index (κ3) is 3.12. The fourth-order valence-corrected chi connectivity index (χ4v) is 4.17. The van der Waals surface area contributed by atoms with Gasteiger partial charge in [-0.25, -0.2) is 14.4 Å². The number of H-pyrrole nitrogens is 1. The second-order valence-corrected chi connectivity index (χ2v) is 7.32. The average molecular weight is 368 g/mol. The summed E-state index contributed by atoms with van der Waals surface area (Å²) in [6.07, 6.45) is 6.25. The van der Waals surface area contributed by atoms with Gasteiger partial charge in [-0.15, -0.1) is 0 Å². The highest BCUT2D eigenvalue weighted by molar-refractivity contribution is 5.87. The van der Waals surface area contributed by atoms with Crippen molar-refractivity contribution in [3.63, 3.8) is 0 Å². The maximum atomic E-state index is 13.0. The molecule has 1 aromatic carbocycles. The summed E-state index contributed by atoms with van der Waals surface area (Å²) < 4.78 is 25.2. The van der Waals surface area contributed by atoms with Gasteiger partial charge in [-0.3, -0.25) is 0 Å². The van der Waals surface area contributed by atoms with Crippen molar-refractivity contribution in [1.29, 1.82) is 0 Å². The van der Waals surface area contributed by atoms with Crippen molar-refractivity contribution >= 4 is 16.9 Å². The number of aromatic amines is 1. The molecular formula is C20H21FN4O2. The summed E-state index contributed by atoms with van der Waals surface area (Å²) in [5, 5.41) is 1.05. The summed E-state index contributed by atoms with van der Waals surface area (Å²) in [6.45, 7) is 2.36. The van der Waals surface area contributed by atoms with Crippen LogP contribution in [-0.4, -0.2) is 46.4 Å². The van der Waals surface area contributed by atoms with Gasteiger partial charge in [-0.05, 0) is 43.2 Å². The van der Waals surface area contributed by atoms with Crippen LogP contribution >= 0.6 is 0 Å². The highest BCUT2D eigenvalue weighted by atomic mass is 19.1. The predicted octanol–water partition coefficient (Wildman–Crippen LogP) is 3.30. The zero-order valence-corrected chi connectivity index (χ0v) is 14.9. The van der Waals surface area contributed by atoms with Crippen molar-refractivity contribution in [2.45, 2.75) is 31.0 Å². The largest absolute Gasteiger partial charge is 0.488 e. The van der Waals surface area contributed by atoms with E-state index in [0.29, 0.717) is 12.4 Å². The zero-order chi connectivity index (χ0) is 18.3. The molecule has 2 aliphatic heterocycles. The normalized spacial score (nSPS) is 21.8. The van der Waals surface area contributed by atoms with Crippen LogP contribution in [0, 0.1) is 5.82 Å². The summed E-state index contributed by atoms with van der Waals surface area (Å²) in [4.78, 5) is 14.2. The summed E-state index contributed by atoms with van der Waals surface area (Å²) in [5.41, 5.74) is 0.732. The van der Waals surface area contributed by atoms with Crippen molar-refractivity contribution in [3.05, 3.63) is 48.7 Å². The Balaban J connectivity index is 1.24. The standard InChI is InChI=1S/C20H21FN4O2/c21-14-1-3-15(4-2-14)27-16-11-20(26-12-16)6-9-25(10-7-20)19-17-5-8-22-18(17)23-13-24-19/h1-5,8,13,16H,6-7,9-12H2,(H,22,23,24). The molecule has 1 spiro atoms. The van der Waals surface area contributed by atoms with Crippen LogP contribution < -0.4 is 9.64 Å². The van der Waals surface area contributed by atoms with Gasteiger partial charge in [-0.1, -0.05) is 0 Å². The van der Waals surface area contributed by atoms with Crippen LogP contribution in [0.5, 0.6) is 5.75 Å². The first kappa shape index (κ1) is 16.5. The fraction of sp³-hybridized carbons (Fsp3) is 0.400. The molecule has 5 rings (SSSR count). The minimum Gasteiger partial charge on any atom is -0.488 e. The molecule has 2 fully saturated rings. The molecule has 140 valence electrons. The smallest absolute Gasteiger partial charge is 0.142 e. The number of hydrogen-bond donors (Lipinski definition) is 1. The molecule has 7 heteroatoms. The van der Waals surface area contributed by atoms with Crippen LogP contribution in [0.1, 0.15) is 19.3 Å². The van der Waals surface area contributed by atoms with E-state index in [-0.39, 0.29) is 17.5 Å². The lowest BCUT2D eigenvalue weighted by molar-refractivity contribution is -0.0162. The van der Waals surface area contributed by atoms with E-state index >= 15 is 0 Å². The van der Waals surface area contributed by atoms with Gasteiger partial charge in [0.1, 0.15) is 35.5 Å². The summed E-state index contributed by atoms with van der Waals surface area (Å²) in [5.74, 6) is 1.42. The van der Waals surface area contributed by atoms with Crippen molar-refractivity contribution < 1.29 is 13.9 Å². The summed E-state index contributed by atoms with van der Waals surface area (Å²) >= 11 is 0. The number of fused-ring (bicyclic) bond motifs is 1. The maximum absolute atomic E-state index is 13.0. The molecular weight excluding hydrogens is 347 g/mol. The fourth-order valence-electron chi connectivity index (χ4n) is 4.17. The monoisotopic (exact) mass is 368 g/mol. The first-order valence-electron chi connectivity index (χ1n) is 9.30. The van der Waals surface area contributed by atoms with Gasteiger partial charge >= 0.3 is 0 Å². The molecule has 1 unspecified atom stereocenters. The lowest BCUT2D eigenvalue weighted by Crippen LogP contribution is -2.44. The van der Waals surface area contributed by atoms with Gasteiger partial charge < -0.3 is 19.4 Å². The van der Waals surface area contributed by atoms with Gasteiger partial charge in [0.05, 0.1) is 17.6 Å². The van der Waals surface area contributed by atoms with E-state index in [0.717, 1.165) is 49.2 Å². The highest BCUT2D eigenvalue weighted by Crippen LogP contribution is 2.39. The molecule has 4 heterocycles. The van der Waals surface area contributed by atoms with Crippen LogP contribution in [0.3, 0.4) is 0 Å². The number of rotatable bonds is 3. The predicted molar refractivity (Wildman–Crippen MR) is 99.5 cm³/mol. The number of halogens is 1. The molecule has 6 nitrogen and oxygen atoms in total. The number of nitrogens with one attached hydrogen (secondary N) is 1. The molecule has 3 aromatic rings. The number of hydrogen-bond acceptors (Lipinski definition) is 5. The lowest BCUT2D eigenvalue weighted by atomic mass is 9.88. The van der Waals surface area contributed by atoms with Gasteiger partial charge in [0.25, 0.3) is 0 Å². The third-order valence-electron chi connectivity index (χ3n) is 5.60. The average Bonchev–Trinajstić information content (AvgIpc) is 3.32. The number of ether oxygens (including phenoxy) is 2. The van der Waals surface area contributed by atoms with Crippen LogP contribution in [0.4, 0.5) is 10.2 Å². The lowest BCUT2D eigenvalue weighted by Gasteiger charge is -2.39. The van der Waals surface area contributed by atoms with E-state index in [1.807, 2.05) is 12.3 Å². The van der Waals surface area contributed by atoms with Crippen LogP contribution in [-0.2, 0) is 4.74 Å². The van der Waals surface area contributed by atoms with Gasteiger partial charge in [-0.2, -0.15) is 0 Å². The molecule has 0 aliphatic carbocycles. The van der Waals surface area contributed by atoms with Crippen LogP contribution in [0.15, 0.2) is 42.9 Å². The Kier molecular flexibility index (Phi) is 3.97. The molecule has 2 saturated heterocycles. The Labute approximate surface area is 156 Å². The Morgan fingerprint density at radius 2 is 1.96 bits per heavy atom. The van der Waals surface area contributed by atoms with Gasteiger partial charge in [0.15, 0.2) is 0 Å². The molecule has 0 radical (unpaired) electrons. The Bertz CT molecular complexity index is 935. The van der Waals surface area contributed by atoms with E-state index in [4.69, 9.17) is 9.47 Å². The van der Waals surface area contributed by atoms with Crippen LogP contribution in [0.2, 0.25) is 0 Å². The van der Waals surface area contributed by atoms with E-state index in [2.05, 4.69) is 19.9 Å². The van der Waals surface area contributed by atoms with E-state index in [1.54, 1.807) is 18.5 Å². The Hall–Kier alpha value is -2.67. The molecule has 0 amide bonds. The third-order valence-corrected chi connectivity index (χ3v) is 5.60. The minimum absolute atomic E-state index is 0.0115. The van der Waals surface area contributed by atoms with Gasteiger partial charge in [0, 0.05) is 25.7 Å². The molecule has 27 heavy (non-hydrogen) atoms. The van der Waals surface area contributed by atoms with Gasteiger partial charge in [0.2, 0.25) is 0 Å². The van der Waals surface area contributed by atoms with E-state index in [9.17, 15) is 4.39 Å². The quantitative estimate of drug-likeness (QED) is 0.769. The topological polar surface area (TPSA) is 63.3 Å². The zero-order valence-electron chi connectivity index (χ0n) is 14.9. The van der Waals surface area contributed by atoms with Crippen molar-refractivity contribution in [2.75, 3.05) is 24.6 Å². The van der Waals surface area contributed by atoms with Crippen molar-refractivity contribution in [2.24, 2.45) is 0 Å². The minimum atomic E-state index is -0.255. The second kappa shape index (κ2) is 6.49.